The van der Waals surface area contributed by atoms with E-state index in [1.54, 1.807) is 30.3 Å². The average Bonchev–Trinajstić information content (AvgIpc) is 3.00. The molecule has 2 rings (SSSR count). The minimum absolute atomic E-state index is 0.133. The summed E-state index contributed by atoms with van der Waals surface area (Å²) in [6, 6.07) is 9.74. The van der Waals surface area contributed by atoms with Crippen LogP contribution in [0.1, 0.15) is 16.1 Å². The summed E-state index contributed by atoms with van der Waals surface area (Å²) in [5.74, 6) is -1.37. The predicted molar refractivity (Wildman–Crippen MR) is 70.7 cm³/mol. The van der Waals surface area contributed by atoms with Gasteiger partial charge in [-0.15, -0.1) is 0 Å². The minimum atomic E-state index is -1.33. The molecule has 21 heavy (non-hydrogen) atoms. The van der Waals surface area contributed by atoms with Crippen LogP contribution >= 0.6 is 0 Å². The van der Waals surface area contributed by atoms with Crippen LogP contribution in [-0.4, -0.2) is 24.7 Å². The van der Waals surface area contributed by atoms with Gasteiger partial charge < -0.3 is 19.1 Å². The van der Waals surface area contributed by atoms with Gasteiger partial charge in [0.15, 0.2) is 5.76 Å². The van der Waals surface area contributed by atoms with E-state index >= 15 is 0 Å². The second-order valence-electron chi connectivity index (χ2n) is 3.87. The van der Waals surface area contributed by atoms with Crippen LogP contribution in [0.3, 0.4) is 0 Å². The number of hydrogen-bond acceptors (Lipinski definition) is 6. The number of aliphatic carboxylic acids is 1. The first-order chi connectivity index (χ1) is 10.2. The molecule has 0 aliphatic rings. The zero-order chi connectivity index (χ0) is 15.1. The molecular formula is C14H11N2O5-. The number of para-hydroxylation sites is 1. The Morgan fingerprint density at radius 3 is 2.81 bits per heavy atom. The summed E-state index contributed by atoms with van der Waals surface area (Å²) < 4.78 is 9.95. The highest BCUT2D eigenvalue weighted by Crippen LogP contribution is 2.15. The number of nitrogens with zero attached hydrogens (tertiary/aromatic N) is 1. The predicted octanol–water partition coefficient (Wildman–Crippen LogP) is 0.172. The van der Waals surface area contributed by atoms with Crippen molar-refractivity contribution in [3.8, 4) is 5.75 Å². The van der Waals surface area contributed by atoms with Crippen molar-refractivity contribution in [2.45, 2.75) is 0 Å². The maximum atomic E-state index is 11.6. The third-order valence-corrected chi connectivity index (χ3v) is 2.38. The number of amides is 1. The van der Waals surface area contributed by atoms with E-state index in [1.165, 1.54) is 18.5 Å². The molecule has 1 amide bonds. The van der Waals surface area contributed by atoms with Gasteiger partial charge in [-0.2, -0.15) is 5.10 Å². The van der Waals surface area contributed by atoms with Crippen molar-refractivity contribution >= 4 is 18.1 Å². The van der Waals surface area contributed by atoms with Gasteiger partial charge >= 0.3 is 5.91 Å². The van der Waals surface area contributed by atoms with Crippen molar-refractivity contribution in [3.05, 3.63) is 54.0 Å². The Kier molecular flexibility index (Phi) is 4.70. The van der Waals surface area contributed by atoms with Crippen molar-refractivity contribution in [2.24, 2.45) is 5.10 Å². The van der Waals surface area contributed by atoms with Gasteiger partial charge in [-0.3, -0.25) is 4.79 Å². The quantitative estimate of drug-likeness (QED) is 0.602. The zero-order valence-electron chi connectivity index (χ0n) is 10.8. The normalized spacial score (nSPS) is 10.5. The van der Waals surface area contributed by atoms with Crippen LogP contribution in [0.15, 0.2) is 52.2 Å². The third kappa shape index (κ3) is 4.20. The van der Waals surface area contributed by atoms with Crippen LogP contribution in [0.2, 0.25) is 0 Å². The van der Waals surface area contributed by atoms with Crippen LogP contribution in [0.4, 0.5) is 0 Å². The zero-order valence-corrected chi connectivity index (χ0v) is 10.8. The van der Waals surface area contributed by atoms with E-state index in [4.69, 9.17) is 9.15 Å². The van der Waals surface area contributed by atoms with Crippen molar-refractivity contribution < 1.29 is 23.8 Å². The molecule has 0 saturated heterocycles. The molecule has 0 saturated carbocycles. The summed E-state index contributed by atoms with van der Waals surface area (Å²) in [7, 11) is 0. The molecule has 1 N–H and O–H groups in total. The molecule has 0 bridgehead atoms. The van der Waals surface area contributed by atoms with Gasteiger partial charge in [-0.1, -0.05) is 12.1 Å². The average molecular weight is 287 g/mol. The Morgan fingerprint density at radius 2 is 2.10 bits per heavy atom. The lowest BCUT2D eigenvalue weighted by Crippen LogP contribution is -2.29. The van der Waals surface area contributed by atoms with E-state index in [0.717, 1.165) is 0 Å². The highest BCUT2D eigenvalue weighted by atomic mass is 16.5. The number of hydrogen-bond donors (Lipinski definition) is 1. The topological polar surface area (TPSA) is 104 Å². The smallest absolute Gasteiger partial charge is 0.307 e. The van der Waals surface area contributed by atoms with E-state index in [1.807, 2.05) is 0 Å². The van der Waals surface area contributed by atoms with Gasteiger partial charge in [0.2, 0.25) is 0 Å². The number of carboxylic acid groups (broad SMARTS) is 1. The summed E-state index contributed by atoms with van der Waals surface area (Å²) in [5, 5.41) is 14.1. The fourth-order valence-electron chi connectivity index (χ4n) is 1.48. The maximum absolute atomic E-state index is 11.6. The monoisotopic (exact) mass is 287 g/mol. The van der Waals surface area contributed by atoms with E-state index < -0.39 is 18.5 Å². The third-order valence-electron chi connectivity index (χ3n) is 2.38. The van der Waals surface area contributed by atoms with Crippen molar-refractivity contribution in [3.63, 3.8) is 0 Å². The Bertz CT molecular complexity index is 649. The molecule has 7 heteroatoms. The lowest BCUT2D eigenvalue weighted by Gasteiger charge is -2.08. The first-order valence-electron chi connectivity index (χ1n) is 5.95. The Morgan fingerprint density at radius 1 is 1.29 bits per heavy atom. The minimum Gasteiger partial charge on any atom is -0.546 e. The van der Waals surface area contributed by atoms with Gasteiger partial charge in [-0.05, 0) is 24.3 Å². The molecule has 0 unspecified atom stereocenters. The number of carbonyl (C=O) groups is 2. The molecule has 0 radical (unpaired) electrons. The van der Waals surface area contributed by atoms with Crippen molar-refractivity contribution in [1.29, 1.82) is 0 Å². The molecule has 7 nitrogen and oxygen atoms in total. The maximum Gasteiger partial charge on any atom is 0.307 e. The standard InChI is InChI=1S/C14H12N2O5/c17-13(18)9-21-11-5-2-1-4-10(11)8-15-16-14(19)12-6-3-7-20-12/h1-8H,9H2,(H,16,19)(H,17,18)/p-1. The number of rotatable bonds is 6. The summed E-state index contributed by atoms with van der Waals surface area (Å²) in [4.78, 5) is 21.9. The summed E-state index contributed by atoms with van der Waals surface area (Å²) in [5.41, 5.74) is 2.79. The number of benzene rings is 1. The number of furan rings is 1. The number of hydrazone groups is 1. The fourth-order valence-corrected chi connectivity index (χ4v) is 1.48. The molecule has 1 aromatic heterocycles. The van der Waals surface area contributed by atoms with Crippen LogP contribution in [0.5, 0.6) is 5.75 Å². The van der Waals surface area contributed by atoms with Crippen LogP contribution in [0, 0.1) is 0 Å². The second-order valence-corrected chi connectivity index (χ2v) is 3.87. The van der Waals surface area contributed by atoms with Gasteiger partial charge in [0, 0.05) is 5.56 Å². The van der Waals surface area contributed by atoms with Gasteiger partial charge in [0.1, 0.15) is 12.4 Å². The number of nitrogens with one attached hydrogen (secondary N) is 1. The summed E-state index contributed by atoms with van der Waals surface area (Å²) in [6.45, 7) is -0.566. The van der Waals surface area contributed by atoms with Crippen LogP contribution < -0.4 is 15.3 Å². The van der Waals surface area contributed by atoms with Crippen LogP contribution in [-0.2, 0) is 4.79 Å². The largest absolute Gasteiger partial charge is 0.546 e. The van der Waals surface area contributed by atoms with Gasteiger partial charge in [-0.25, -0.2) is 5.43 Å². The summed E-state index contributed by atoms with van der Waals surface area (Å²) >= 11 is 0. The van der Waals surface area contributed by atoms with E-state index in [9.17, 15) is 14.7 Å². The molecule has 2 aromatic rings. The number of carbonyl (C=O) groups excluding carboxylic acids is 2. The molecule has 0 atom stereocenters. The molecule has 1 aromatic carbocycles. The summed E-state index contributed by atoms with van der Waals surface area (Å²) in [6.07, 6.45) is 2.72. The fraction of sp³-hybridized carbons (Fsp3) is 0.0714. The Balaban J connectivity index is 2.00. The molecular weight excluding hydrogens is 276 g/mol. The molecule has 0 spiro atoms. The number of carboxylic acids is 1. The first-order valence-corrected chi connectivity index (χ1v) is 5.95. The molecule has 0 aliphatic heterocycles. The molecule has 0 aliphatic carbocycles. The van der Waals surface area contributed by atoms with E-state index in [-0.39, 0.29) is 5.76 Å². The second kappa shape index (κ2) is 6.90. The van der Waals surface area contributed by atoms with Gasteiger partial charge in [0.05, 0.1) is 18.4 Å². The molecule has 0 fully saturated rings. The van der Waals surface area contributed by atoms with Crippen LogP contribution in [0.25, 0.3) is 0 Å². The lowest BCUT2D eigenvalue weighted by molar-refractivity contribution is -0.307. The van der Waals surface area contributed by atoms with Gasteiger partial charge in [0.25, 0.3) is 0 Å². The first kappa shape index (κ1) is 14.3. The van der Waals surface area contributed by atoms with Crippen molar-refractivity contribution in [1.82, 2.24) is 5.43 Å². The van der Waals surface area contributed by atoms with E-state index in [0.29, 0.717) is 11.3 Å². The number of ether oxygens (including phenoxy) is 1. The highest BCUT2D eigenvalue weighted by Gasteiger charge is 2.06. The Labute approximate surface area is 119 Å². The lowest BCUT2D eigenvalue weighted by atomic mass is 10.2. The van der Waals surface area contributed by atoms with Crippen molar-refractivity contribution in [2.75, 3.05) is 6.61 Å². The highest BCUT2D eigenvalue weighted by molar-refractivity contribution is 5.92. The Hall–Kier alpha value is -3.09. The SMILES string of the molecule is O=C([O-])COc1ccccc1C=NNC(=O)c1ccco1. The molecule has 1 heterocycles. The van der Waals surface area contributed by atoms with E-state index in [2.05, 4.69) is 10.5 Å². The molecule has 108 valence electrons.